The highest BCUT2D eigenvalue weighted by atomic mass is 28.4. The molecule has 0 aliphatic heterocycles. The Labute approximate surface area is 304 Å². The lowest BCUT2D eigenvalue weighted by atomic mass is 9.33. The monoisotopic (exact) mass is 714 g/mol. The number of ether oxygens (including phenoxy) is 2. The molecule has 5 aliphatic rings. The molecule has 8 heteroatoms. The standard InChI is InChI=1S/C42H70O7Si/c1-13-47-35(46)42-24-22-37(5,6)26-29(42)28-14-15-31-38(7)20-19-32(49-34(45)17-16-33(43)44)39(8,27-48-50(11,12)36(2,3)4)30(38)18-21-41(31,10)40(28,9)23-25-42/h14,29-32H,13,15-27H2,1-12H3,(H,43,44)/t29?,30?,31?,32-,38-,39-,40+,41+,42-/m0/s1. The Bertz CT molecular complexity index is 1380. The molecule has 0 heterocycles. The van der Waals surface area contributed by atoms with Gasteiger partial charge in [0.25, 0.3) is 0 Å². The van der Waals surface area contributed by atoms with Gasteiger partial charge in [-0.1, -0.05) is 74.0 Å². The molecule has 4 saturated carbocycles. The van der Waals surface area contributed by atoms with Gasteiger partial charge in [-0.3, -0.25) is 14.4 Å². The first kappa shape index (κ1) is 39.5. The Kier molecular flexibility index (Phi) is 10.3. The number of fused-ring (bicyclic) bond motifs is 7. The number of esters is 2. The lowest BCUT2D eigenvalue weighted by Crippen LogP contribution is -2.66. The van der Waals surface area contributed by atoms with E-state index in [2.05, 4.69) is 81.5 Å². The molecule has 0 saturated heterocycles. The van der Waals surface area contributed by atoms with E-state index in [-0.39, 0.29) is 57.5 Å². The summed E-state index contributed by atoms with van der Waals surface area (Å²) in [5.74, 6) is -0.411. The van der Waals surface area contributed by atoms with Crippen LogP contribution in [0, 0.1) is 50.2 Å². The minimum atomic E-state index is -2.12. The molecule has 5 rings (SSSR count). The average Bonchev–Trinajstić information content (AvgIpc) is 3.00. The molecule has 0 aromatic rings. The normalized spacial score (nSPS) is 41.0. The smallest absolute Gasteiger partial charge is 0.312 e. The topological polar surface area (TPSA) is 99.1 Å². The van der Waals surface area contributed by atoms with Crippen molar-refractivity contribution in [2.24, 2.45) is 50.2 Å². The summed E-state index contributed by atoms with van der Waals surface area (Å²) >= 11 is 0. The maximum atomic E-state index is 13.9. The second kappa shape index (κ2) is 13.0. The number of allylic oxidation sites excluding steroid dienone is 2. The van der Waals surface area contributed by atoms with Crippen LogP contribution in [0.25, 0.3) is 0 Å². The molecule has 3 unspecified atom stereocenters. The van der Waals surface area contributed by atoms with Crippen LogP contribution >= 0.6 is 0 Å². The van der Waals surface area contributed by atoms with Crippen LogP contribution < -0.4 is 0 Å². The van der Waals surface area contributed by atoms with Crippen molar-refractivity contribution < 1.29 is 33.4 Å². The van der Waals surface area contributed by atoms with Gasteiger partial charge in [-0.25, -0.2) is 0 Å². The Hall–Kier alpha value is -1.67. The predicted molar refractivity (Wildman–Crippen MR) is 200 cm³/mol. The number of carboxylic acids is 1. The number of hydrogen-bond donors (Lipinski definition) is 1. The summed E-state index contributed by atoms with van der Waals surface area (Å²) in [7, 11) is -2.12. The van der Waals surface area contributed by atoms with Crippen molar-refractivity contribution in [3.8, 4) is 0 Å². The van der Waals surface area contributed by atoms with E-state index in [1.165, 1.54) is 5.57 Å². The van der Waals surface area contributed by atoms with Crippen LogP contribution in [0.2, 0.25) is 18.1 Å². The summed E-state index contributed by atoms with van der Waals surface area (Å²) in [6, 6.07) is 0. The predicted octanol–water partition coefficient (Wildman–Crippen LogP) is 10.1. The van der Waals surface area contributed by atoms with Gasteiger partial charge in [0.15, 0.2) is 8.32 Å². The molecule has 0 aromatic carbocycles. The minimum Gasteiger partial charge on any atom is -0.481 e. The molecule has 0 radical (unpaired) electrons. The van der Waals surface area contributed by atoms with Crippen molar-refractivity contribution in [3.63, 3.8) is 0 Å². The van der Waals surface area contributed by atoms with Crippen LogP contribution in [0.5, 0.6) is 0 Å². The van der Waals surface area contributed by atoms with E-state index in [1.807, 2.05) is 6.92 Å². The molecule has 9 atom stereocenters. The maximum absolute atomic E-state index is 13.9. The van der Waals surface area contributed by atoms with E-state index in [1.54, 1.807) is 0 Å². The van der Waals surface area contributed by atoms with E-state index in [0.717, 1.165) is 64.2 Å². The van der Waals surface area contributed by atoms with Gasteiger partial charge in [-0.15, -0.1) is 0 Å². The molecular weight excluding hydrogens is 645 g/mol. The average molecular weight is 715 g/mol. The van der Waals surface area contributed by atoms with E-state index >= 15 is 0 Å². The van der Waals surface area contributed by atoms with Crippen molar-refractivity contribution in [1.82, 2.24) is 0 Å². The summed E-state index contributed by atoms with van der Waals surface area (Å²) in [6.45, 7) is 29.0. The molecule has 1 N–H and O–H groups in total. The van der Waals surface area contributed by atoms with Crippen LogP contribution in [-0.2, 0) is 28.3 Å². The van der Waals surface area contributed by atoms with Gasteiger partial charge in [-0.05, 0) is 129 Å². The summed E-state index contributed by atoms with van der Waals surface area (Å²) in [5.41, 5.74) is 0.984. The second-order valence-corrected chi connectivity index (χ2v) is 25.4. The lowest BCUT2D eigenvalue weighted by Gasteiger charge is -2.71. The van der Waals surface area contributed by atoms with Gasteiger partial charge in [0.1, 0.15) is 6.10 Å². The molecule has 7 nitrogen and oxygen atoms in total. The molecule has 4 fully saturated rings. The second-order valence-electron chi connectivity index (χ2n) is 20.6. The number of carbonyl (C=O) groups is 3. The van der Waals surface area contributed by atoms with E-state index < -0.39 is 31.1 Å². The molecule has 50 heavy (non-hydrogen) atoms. The third kappa shape index (κ3) is 6.26. The van der Waals surface area contributed by atoms with Crippen molar-refractivity contribution in [2.45, 2.75) is 171 Å². The first-order valence-electron chi connectivity index (χ1n) is 19.9. The van der Waals surface area contributed by atoms with Crippen molar-refractivity contribution in [1.29, 1.82) is 0 Å². The van der Waals surface area contributed by atoms with Crippen molar-refractivity contribution in [3.05, 3.63) is 11.6 Å². The number of aliphatic carboxylic acids is 1. The molecule has 284 valence electrons. The Morgan fingerprint density at radius 1 is 0.900 bits per heavy atom. The molecule has 0 amide bonds. The molecule has 0 bridgehead atoms. The third-order valence-corrected chi connectivity index (χ3v) is 20.9. The summed E-state index contributed by atoms with van der Waals surface area (Å²) in [4.78, 5) is 38.3. The molecule has 5 aliphatic carbocycles. The van der Waals surface area contributed by atoms with E-state index in [9.17, 15) is 19.5 Å². The highest BCUT2D eigenvalue weighted by Gasteiger charge is 2.70. The van der Waals surface area contributed by atoms with Crippen LogP contribution in [0.3, 0.4) is 0 Å². The number of carbonyl (C=O) groups excluding carboxylic acids is 2. The summed E-state index contributed by atoms with van der Waals surface area (Å²) in [6.07, 6.45) is 11.7. The van der Waals surface area contributed by atoms with Crippen LogP contribution in [0.1, 0.15) is 146 Å². The van der Waals surface area contributed by atoms with Crippen LogP contribution in [-0.4, -0.2) is 50.6 Å². The first-order valence-corrected chi connectivity index (χ1v) is 22.8. The summed E-state index contributed by atoms with van der Waals surface area (Å²) in [5, 5.41) is 9.30. The Balaban J connectivity index is 1.53. The van der Waals surface area contributed by atoms with Gasteiger partial charge in [0, 0.05) is 12.0 Å². The Morgan fingerprint density at radius 3 is 2.18 bits per heavy atom. The number of carboxylic acid groups (broad SMARTS) is 1. The van der Waals surface area contributed by atoms with Crippen LogP contribution in [0.4, 0.5) is 0 Å². The largest absolute Gasteiger partial charge is 0.481 e. The maximum Gasteiger partial charge on any atom is 0.312 e. The number of hydrogen-bond acceptors (Lipinski definition) is 6. The van der Waals surface area contributed by atoms with Crippen molar-refractivity contribution in [2.75, 3.05) is 13.2 Å². The molecular formula is C42H70O7Si. The Morgan fingerprint density at radius 2 is 1.56 bits per heavy atom. The molecule has 0 aromatic heterocycles. The van der Waals surface area contributed by atoms with Gasteiger partial charge < -0.3 is 19.0 Å². The minimum absolute atomic E-state index is 0.00777. The SMILES string of the molecule is CCOC(=O)[C@]12CCC(C)(C)CC1C1=CCC3[C@@]4(C)CC[C@H](OC(=O)CCC(=O)O)[C@@](C)(CO[Si](C)(C)C(C)(C)C)C4CC[C@@]3(C)[C@]1(C)CC2. The zero-order chi connectivity index (χ0) is 37.3. The highest BCUT2D eigenvalue weighted by molar-refractivity contribution is 6.74. The fourth-order valence-corrected chi connectivity index (χ4v) is 13.2. The van der Waals surface area contributed by atoms with Gasteiger partial charge >= 0.3 is 17.9 Å². The molecule has 0 spiro atoms. The number of rotatable bonds is 9. The van der Waals surface area contributed by atoms with Crippen molar-refractivity contribution >= 4 is 26.2 Å². The van der Waals surface area contributed by atoms with Gasteiger partial charge in [0.05, 0.1) is 24.9 Å². The zero-order valence-electron chi connectivity index (χ0n) is 33.7. The third-order valence-electron chi connectivity index (χ3n) is 16.4. The quantitative estimate of drug-likeness (QED) is 0.144. The highest BCUT2D eigenvalue weighted by Crippen LogP contribution is 2.76. The van der Waals surface area contributed by atoms with E-state index in [0.29, 0.717) is 25.0 Å². The van der Waals surface area contributed by atoms with Gasteiger partial charge in [0.2, 0.25) is 0 Å². The first-order chi connectivity index (χ1) is 22.9. The van der Waals surface area contributed by atoms with Gasteiger partial charge in [-0.2, -0.15) is 0 Å². The lowest BCUT2D eigenvalue weighted by molar-refractivity contribution is -0.223. The summed E-state index contributed by atoms with van der Waals surface area (Å²) < 4.78 is 19.2. The zero-order valence-corrected chi connectivity index (χ0v) is 34.7. The van der Waals surface area contributed by atoms with E-state index in [4.69, 9.17) is 13.9 Å². The fraction of sp³-hybridized carbons (Fsp3) is 0.881. The van der Waals surface area contributed by atoms with Crippen LogP contribution in [0.15, 0.2) is 11.6 Å². The fourth-order valence-electron chi connectivity index (χ4n) is 12.0.